The molecule has 1 aromatic heterocycles. The molecular weight excluding hydrogens is 166 g/mol. The lowest BCUT2D eigenvalue weighted by Crippen LogP contribution is -2.03. The highest BCUT2D eigenvalue weighted by molar-refractivity contribution is 6.31. The summed E-state index contributed by atoms with van der Waals surface area (Å²) < 4.78 is 4.63. The number of hydrogen-bond acceptors (Lipinski definition) is 3. The molecule has 1 rings (SSSR count). The predicted octanol–water partition coefficient (Wildman–Crippen LogP) is 1.46. The van der Waals surface area contributed by atoms with Crippen molar-refractivity contribution in [3.8, 4) is 5.88 Å². The van der Waals surface area contributed by atoms with Gasteiger partial charge in [0.05, 0.1) is 6.20 Å². The maximum Gasteiger partial charge on any atom is 0.309 e. The molecule has 1 aromatic rings. The molecule has 0 spiro atoms. The Balaban J connectivity index is 2.86. The van der Waals surface area contributed by atoms with Gasteiger partial charge in [-0.25, -0.2) is 4.98 Å². The van der Waals surface area contributed by atoms with Crippen molar-refractivity contribution in [3.63, 3.8) is 0 Å². The van der Waals surface area contributed by atoms with Crippen molar-refractivity contribution in [1.82, 2.24) is 4.98 Å². The van der Waals surface area contributed by atoms with Gasteiger partial charge in [-0.3, -0.25) is 4.79 Å². The highest BCUT2D eigenvalue weighted by Crippen LogP contribution is 2.19. The van der Waals surface area contributed by atoms with Crippen molar-refractivity contribution in [1.29, 1.82) is 0 Å². The standard InChI is InChI=1S/C7H5ClNO2/c1-5(10)11-7-6(8)3-2-4-9-7/h2-3H,1H3. The van der Waals surface area contributed by atoms with Gasteiger partial charge in [0, 0.05) is 6.92 Å². The molecule has 0 aliphatic carbocycles. The Kier molecular flexibility index (Phi) is 2.44. The number of esters is 1. The van der Waals surface area contributed by atoms with Crippen LogP contribution in [0.15, 0.2) is 12.1 Å². The van der Waals surface area contributed by atoms with Crippen LogP contribution in [-0.2, 0) is 4.79 Å². The Hall–Kier alpha value is -1.09. The van der Waals surface area contributed by atoms with Crippen molar-refractivity contribution in [3.05, 3.63) is 23.4 Å². The third kappa shape index (κ3) is 2.20. The molecule has 1 heterocycles. The van der Waals surface area contributed by atoms with E-state index in [-0.39, 0.29) is 5.88 Å². The fourth-order valence-corrected chi connectivity index (χ4v) is 0.683. The third-order valence-corrected chi connectivity index (χ3v) is 1.20. The Morgan fingerprint density at radius 1 is 1.82 bits per heavy atom. The van der Waals surface area contributed by atoms with Gasteiger partial charge in [0.1, 0.15) is 5.02 Å². The van der Waals surface area contributed by atoms with E-state index in [0.29, 0.717) is 5.02 Å². The SMILES string of the molecule is CC(=O)Oc1n[c]ccc1Cl. The lowest BCUT2D eigenvalue weighted by atomic mass is 10.5. The average molecular weight is 171 g/mol. The predicted molar refractivity (Wildman–Crippen MR) is 39.4 cm³/mol. The summed E-state index contributed by atoms with van der Waals surface area (Å²) in [6, 6.07) is 3.09. The largest absolute Gasteiger partial charge is 0.406 e. The molecule has 11 heavy (non-hydrogen) atoms. The molecule has 0 fully saturated rings. The second-order valence-corrected chi connectivity index (χ2v) is 2.23. The minimum absolute atomic E-state index is 0.0988. The van der Waals surface area contributed by atoms with Crippen LogP contribution in [0.2, 0.25) is 5.02 Å². The van der Waals surface area contributed by atoms with Crippen LogP contribution in [0, 0.1) is 6.20 Å². The topological polar surface area (TPSA) is 39.2 Å². The van der Waals surface area contributed by atoms with E-state index < -0.39 is 5.97 Å². The minimum Gasteiger partial charge on any atom is -0.406 e. The van der Waals surface area contributed by atoms with E-state index in [4.69, 9.17) is 11.6 Å². The normalized spacial score (nSPS) is 9.27. The highest BCUT2D eigenvalue weighted by atomic mass is 35.5. The highest BCUT2D eigenvalue weighted by Gasteiger charge is 2.03. The zero-order valence-corrected chi connectivity index (χ0v) is 6.55. The van der Waals surface area contributed by atoms with Crippen molar-refractivity contribution in [2.24, 2.45) is 0 Å². The molecular formula is C7H5ClNO2. The molecule has 57 valence electrons. The van der Waals surface area contributed by atoms with Crippen LogP contribution in [0.3, 0.4) is 0 Å². The van der Waals surface area contributed by atoms with Gasteiger partial charge < -0.3 is 4.74 Å². The molecule has 0 atom stereocenters. The third-order valence-electron chi connectivity index (χ3n) is 0.915. The Morgan fingerprint density at radius 3 is 3.09 bits per heavy atom. The molecule has 0 bridgehead atoms. The maximum absolute atomic E-state index is 10.4. The van der Waals surface area contributed by atoms with Crippen molar-refractivity contribution < 1.29 is 9.53 Å². The molecule has 0 unspecified atom stereocenters. The second kappa shape index (κ2) is 3.34. The summed E-state index contributed by atoms with van der Waals surface area (Å²) in [5.41, 5.74) is 0. The fourth-order valence-electron chi connectivity index (χ4n) is 0.539. The summed E-state index contributed by atoms with van der Waals surface area (Å²) in [6.45, 7) is 1.28. The van der Waals surface area contributed by atoms with Crippen LogP contribution in [0.1, 0.15) is 6.92 Å². The van der Waals surface area contributed by atoms with Crippen molar-refractivity contribution in [2.75, 3.05) is 0 Å². The van der Waals surface area contributed by atoms with Crippen LogP contribution in [0.5, 0.6) is 5.88 Å². The summed E-state index contributed by atoms with van der Waals surface area (Å²) in [4.78, 5) is 14.0. The smallest absolute Gasteiger partial charge is 0.309 e. The Labute approximate surface area is 69.0 Å². The van der Waals surface area contributed by atoms with Crippen LogP contribution in [0.25, 0.3) is 0 Å². The molecule has 3 nitrogen and oxygen atoms in total. The second-order valence-electron chi connectivity index (χ2n) is 1.82. The quantitative estimate of drug-likeness (QED) is 0.599. The molecule has 0 aromatic carbocycles. The Bertz CT molecular complexity index is 275. The summed E-state index contributed by atoms with van der Waals surface area (Å²) in [5, 5.41) is 0.305. The van der Waals surface area contributed by atoms with Crippen molar-refractivity contribution >= 4 is 17.6 Å². The van der Waals surface area contributed by atoms with Crippen LogP contribution < -0.4 is 4.74 Å². The number of ether oxygens (including phenoxy) is 1. The molecule has 0 saturated carbocycles. The molecule has 0 aliphatic rings. The first-order chi connectivity index (χ1) is 5.20. The molecule has 0 amide bonds. The van der Waals surface area contributed by atoms with E-state index in [1.807, 2.05) is 0 Å². The first kappa shape index (κ1) is 8.01. The van der Waals surface area contributed by atoms with E-state index >= 15 is 0 Å². The zero-order chi connectivity index (χ0) is 8.27. The number of rotatable bonds is 1. The Morgan fingerprint density at radius 2 is 2.55 bits per heavy atom. The van der Waals surface area contributed by atoms with E-state index in [9.17, 15) is 4.79 Å². The van der Waals surface area contributed by atoms with Crippen LogP contribution in [-0.4, -0.2) is 11.0 Å². The van der Waals surface area contributed by atoms with Gasteiger partial charge in [-0.1, -0.05) is 11.6 Å². The molecule has 0 saturated heterocycles. The van der Waals surface area contributed by atoms with Gasteiger partial charge in [0.2, 0.25) is 5.88 Å². The first-order valence-corrected chi connectivity index (χ1v) is 3.29. The minimum atomic E-state index is -0.445. The number of hydrogen-bond donors (Lipinski definition) is 0. The number of aromatic nitrogens is 1. The molecule has 1 radical (unpaired) electrons. The van der Waals surface area contributed by atoms with Gasteiger partial charge in [0.15, 0.2) is 0 Å². The van der Waals surface area contributed by atoms with Gasteiger partial charge in [-0.15, -0.1) is 0 Å². The number of nitrogens with zero attached hydrogens (tertiary/aromatic N) is 1. The van der Waals surface area contributed by atoms with E-state index in [1.165, 1.54) is 13.0 Å². The fraction of sp³-hybridized carbons (Fsp3) is 0.143. The lowest BCUT2D eigenvalue weighted by Gasteiger charge is -1.99. The number of pyridine rings is 1. The number of carbonyl (C=O) groups is 1. The van der Waals surface area contributed by atoms with Gasteiger partial charge in [-0.2, -0.15) is 0 Å². The summed E-state index contributed by atoms with van der Waals surface area (Å²) in [5.74, 6) is -0.347. The number of carbonyl (C=O) groups excluding carboxylic acids is 1. The molecule has 4 heteroatoms. The van der Waals surface area contributed by atoms with E-state index in [0.717, 1.165) is 0 Å². The molecule has 0 N–H and O–H groups in total. The van der Waals surface area contributed by atoms with Gasteiger partial charge in [-0.05, 0) is 12.1 Å². The van der Waals surface area contributed by atoms with E-state index in [1.54, 1.807) is 6.07 Å². The van der Waals surface area contributed by atoms with Crippen molar-refractivity contribution in [2.45, 2.75) is 6.92 Å². The van der Waals surface area contributed by atoms with Gasteiger partial charge in [0.25, 0.3) is 0 Å². The summed E-state index contributed by atoms with van der Waals surface area (Å²) in [7, 11) is 0. The average Bonchev–Trinajstić information content (AvgIpc) is 1.93. The molecule has 0 aliphatic heterocycles. The maximum atomic E-state index is 10.4. The summed E-state index contributed by atoms with van der Waals surface area (Å²) in [6.07, 6.45) is 2.50. The lowest BCUT2D eigenvalue weighted by molar-refractivity contribution is -0.132. The number of halogens is 1. The van der Waals surface area contributed by atoms with Gasteiger partial charge >= 0.3 is 5.97 Å². The first-order valence-electron chi connectivity index (χ1n) is 2.91. The van der Waals surface area contributed by atoms with Crippen LogP contribution in [0.4, 0.5) is 0 Å². The monoisotopic (exact) mass is 170 g/mol. The van der Waals surface area contributed by atoms with E-state index in [2.05, 4.69) is 15.9 Å². The van der Waals surface area contributed by atoms with Crippen LogP contribution >= 0.6 is 11.6 Å². The summed E-state index contributed by atoms with van der Waals surface area (Å²) >= 11 is 5.61. The zero-order valence-electron chi connectivity index (χ0n) is 5.80.